The normalized spacial score (nSPS) is 16.0. The van der Waals surface area contributed by atoms with E-state index in [0.29, 0.717) is 34.4 Å². The average Bonchev–Trinajstić information content (AvgIpc) is 1.62. The van der Waals surface area contributed by atoms with Crippen LogP contribution < -0.4 is 0 Å². The summed E-state index contributed by atoms with van der Waals surface area (Å²) in [4.78, 5) is 0. The second-order valence-corrected chi connectivity index (χ2v) is 5.80. The third-order valence-corrected chi connectivity index (χ3v) is 5.04. The van der Waals surface area contributed by atoms with Gasteiger partial charge in [0.05, 0.1) is 0 Å². The van der Waals surface area contributed by atoms with E-state index in [9.17, 15) is 8.42 Å². The summed E-state index contributed by atoms with van der Waals surface area (Å²) < 4.78 is 28.1. The zero-order valence-electron chi connectivity index (χ0n) is 4.96. The van der Waals surface area contributed by atoms with Crippen LogP contribution in [0.3, 0.4) is 0 Å². The van der Waals surface area contributed by atoms with E-state index in [-0.39, 0.29) is 0 Å². The van der Waals surface area contributed by atoms with Gasteiger partial charge in [-0.15, -0.1) is 0 Å². The quantitative estimate of drug-likeness (QED) is 0.432. The van der Waals surface area contributed by atoms with Crippen molar-refractivity contribution in [1.82, 2.24) is 0 Å². The predicted molar refractivity (Wildman–Crippen MR) is 31.4 cm³/mol. The van der Waals surface area contributed by atoms with Gasteiger partial charge in [0.25, 0.3) is 0 Å². The van der Waals surface area contributed by atoms with E-state index in [4.69, 9.17) is 4.55 Å². The molecule has 0 aromatic rings. The monoisotopic (exact) mass is 146 g/mol. The standard InChI is InChI=1S/C3H7O3S.Na/c1-2-3-7(4,5)6;/h3H,2H2,1H3,(H,4,5,6);. The molecule has 0 fully saturated rings. The summed E-state index contributed by atoms with van der Waals surface area (Å²) in [6.45, 7) is 1.74. The van der Waals surface area contributed by atoms with E-state index in [1.165, 1.54) is 0 Å². The van der Waals surface area contributed by atoms with Crippen molar-refractivity contribution in [3.05, 3.63) is 0 Å². The molecule has 44 valence electrons. The van der Waals surface area contributed by atoms with Crippen LogP contribution in [0.2, 0.25) is 0 Å². The fraction of sp³-hybridized carbons (Fsp3) is 1.00. The Bertz CT molecular complexity index is 150. The SMILES string of the molecule is CC[CH]([Na])S(=O)(=O)O. The summed E-state index contributed by atoms with van der Waals surface area (Å²) in [7, 11) is -3.69. The van der Waals surface area contributed by atoms with E-state index in [2.05, 4.69) is 0 Å². The first-order valence-electron chi connectivity index (χ1n) is 2.44. The minimum atomic E-state index is -3.69. The Morgan fingerprint density at radius 3 is 2.12 bits per heavy atom. The molecule has 1 N–H and O–H groups in total. The maximum atomic E-state index is 10.2. The third kappa shape index (κ3) is 3.04. The Morgan fingerprint density at radius 2 is 2.12 bits per heavy atom. The molecule has 0 bridgehead atoms. The molecule has 0 rings (SSSR count). The van der Waals surface area contributed by atoms with Gasteiger partial charge in [0.1, 0.15) is 0 Å². The van der Waals surface area contributed by atoms with E-state index < -0.39 is 12.6 Å². The van der Waals surface area contributed by atoms with Gasteiger partial charge in [-0.3, -0.25) is 0 Å². The topological polar surface area (TPSA) is 54.4 Å². The molecule has 0 heterocycles. The van der Waals surface area contributed by atoms with Gasteiger partial charge in [0.15, 0.2) is 0 Å². The molecule has 0 aliphatic heterocycles. The van der Waals surface area contributed by atoms with E-state index in [1.54, 1.807) is 6.92 Å². The van der Waals surface area contributed by atoms with Crippen LogP contribution in [0.25, 0.3) is 0 Å². The first kappa shape index (κ1) is 8.91. The maximum absolute atomic E-state index is 10.2. The molecule has 0 aromatic carbocycles. The molecular formula is C3H7NaO3S. The Balaban J connectivity index is 4.04. The molecule has 0 spiro atoms. The van der Waals surface area contributed by atoms with E-state index in [1.807, 2.05) is 0 Å². The Morgan fingerprint density at radius 1 is 1.75 bits per heavy atom. The zero-order valence-corrected chi connectivity index (χ0v) is 7.77. The van der Waals surface area contributed by atoms with E-state index in [0.717, 1.165) is 0 Å². The molecular weight excluding hydrogens is 139 g/mol. The minimum absolute atomic E-state index is 0.484. The summed E-state index contributed by atoms with van der Waals surface area (Å²) in [5.41, 5.74) is 0. The molecule has 0 saturated heterocycles. The first-order valence-corrected chi connectivity index (χ1v) is 5.10. The fourth-order valence-corrected chi connectivity index (χ4v) is 0.632. The summed E-state index contributed by atoms with van der Waals surface area (Å²) >= 11 is 0.511. The van der Waals surface area contributed by atoms with Crippen molar-refractivity contribution in [3.63, 3.8) is 0 Å². The Hall–Kier alpha value is 0.910. The van der Waals surface area contributed by atoms with Crippen molar-refractivity contribution in [2.75, 3.05) is 0 Å². The molecule has 0 radical (unpaired) electrons. The average molecular weight is 146 g/mol. The molecule has 0 aliphatic rings. The van der Waals surface area contributed by atoms with Gasteiger partial charge in [-0.2, -0.15) is 0 Å². The van der Waals surface area contributed by atoms with Crippen molar-refractivity contribution < 1.29 is 13.0 Å². The fourth-order valence-electron chi connectivity index (χ4n) is 0.211. The molecule has 0 amide bonds. The van der Waals surface area contributed by atoms with Crippen LogP contribution in [0.5, 0.6) is 0 Å². The van der Waals surface area contributed by atoms with Crippen LogP contribution in [0.1, 0.15) is 13.3 Å². The first-order chi connectivity index (χ1) is 3.48. The third-order valence-electron chi connectivity index (χ3n) is 1.08. The van der Waals surface area contributed by atoms with Gasteiger partial charge >= 0.3 is 66.9 Å². The number of hydrogen-bond donors (Lipinski definition) is 1. The van der Waals surface area contributed by atoms with Gasteiger partial charge in [0.2, 0.25) is 0 Å². The van der Waals surface area contributed by atoms with Crippen molar-refractivity contribution in [2.24, 2.45) is 0 Å². The summed E-state index contributed by atoms with van der Waals surface area (Å²) in [5.74, 6) is 0. The number of hydrogen-bond acceptors (Lipinski definition) is 2. The van der Waals surface area contributed by atoms with Crippen molar-refractivity contribution in [2.45, 2.75) is 15.8 Å². The van der Waals surface area contributed by atoms with Crippen LogP contribution in [0.15, 0.2) is 0 Å². The van der Waals surface area contributed by atoms with Crippen LogP contribution in [-0.2, 0) is 10.1 Å². The molecule has 0 aliphatic carbocycles. The number of rotatable bonds is 2. The predicted octanol–water partition coefficient (Wildman–Crippen LogP) is -0.221. The summed E-state index contributed by atoms with van der Waals surface area (Å²) in [5, 5.41) is 0. The van der Waals surface area contributed by atoms with Crippen LogP contribution in [0, 0.1) is 0 Å². The summed E-state index contributed by atoms with van der Waals surface area (Å²) in [6, 6.07) is 0. The van der Waals surface area contributed by atoms with Crippen molar-refractivity contribution in [3.8, 4) is 0 Å². The van der Waals surface area contributed by atoms with Gasteiger partial charge in [-0.05, 0) is 0 Å². The van der Waals surface area contributed by atoms with Gasteiger partial charge in [0, 0.05) is 0 Å². The second kappa shape index (κ2) is 3.17. The molecule has 3 nitrogen and oxygen atoms in total. The molecule has 1 atom stereocenters. The van der Waals surface area contributed by atoms with Crippen molar-refractivity contribution in [1.29, 1.82) is 0 Å². The zero-order chi connectivity index (χ0) is 6.78. The molecule has 1 unspecified atom stereocenters. The van der Waals surface area contributed by atoms with Crippen LogP contribution >= 0.6 is 0 Å². The molecule has 0 saturated carbocycles. The van der Waals surface area contributed by atoms with Gasteiger partial charge in [-0.1, -0.05) is 0 Å². The van der Waals surface area contributed by atoms with Gasteiger partial charge in [-0.25, -0.2) is 0 Å². The van der Waals surface area contributed by atoms with Gasteiger partial charge < -0.3 is 0 Å². The Labute approximate surface area is 66.6 Å². The Kier molecular flexibility index (Phi) is 3.53. The molecule has 0 aromatic heterocycles. The second-order valence-electron chi connectivity index (χ2n) is 1.73. The molecule has 8 heavy (non-hydrogen) atoms. The van der Waals surface area contributed by atoms with Crippen molar-refractivity contribution >= 4 is 38.0 Å². The summed E-state index contributed by atoms with van der Waals surface area (Å²) in [6.07, 6.45) is 0.519. The van der Waals surface area contributed by atoms with Crippen LogP contribution in [-0.4, -0.2) is 43.4 Å². The van der Waals surface area contributed by atoms with E-state index >= 15 is 0 Å². The van der Waals surface area contributed by atoms with Crippen LogP contribution in [0.4, 0.5) is 0 Å². The molecule has 5 heteroatoms.